The second kappa shape index (κ2) is 8.97. The molecule has 2 aromatic carbocycles. The first kappa shape index (κ1) is 18.6. The molecule has 0 saturated heterocycles. The lowest BCUT2D eigenvalue weighted by molar-refractivity contribution is 0.207. The molecule has 0 aliphatic rings. The fourth-order valence-corrected chi connectivity index (χ4v) is 2.52. The fraction of sp³-hybridized carbons (Fsp3) is 0.350. The first-order valence-electron chi connectivity index (χ1n) is 8.29. The van der Waals surface area contributed by atoms with Crippen LogP contribution in [0.4, 0.5) is 4.79 Å². The molecule has 0 radical (unpaired) electrons. The Bertz CT molecular complexity index is 699. The van der Waals surface area contributed by atoms with Crippen LogP contribution in [0.1, 0.15) is 16.7 Å². The van der Waals surface area contributed by atoms with Gasteiger partial charge in [-0.05, 0) is 36.6 Å². The highest BCUT2D eigenvalue weighted by atomic mass is 16.5. The van der Waals surface area contributed by atoms with Gasteiger partial charge in [-0.2, -0.15) is 0 Å². The van der Waals surface area contributed by atoms with Gasteiger partial charge in [0.1, 0.15) is 0 Å². The number of ether oxygens (including phenoxy) is 2. The molecule has 0 fully saturated rings. The molecule has 0 aromatic heterocycles. The zero-order valence-corrected chi connectivity index (χ0v) is 15.3. The molecule has 134 valence electrons. The predicted octanol–water partition coefficient (Wildman–Crippen LogP) is 3.40. The molecule has 5 heteroatoms. The number of benzene rings is 2. The lowest BCUT2D eigenvalue weighted by Crippen LogP contribution is -2.37. The van der Waals surface area contributed by atoms with E-state index < -0.39 is 0 Å². The molecule has 0 heterocycles. The average molecular weight is 342 g/mol. The normalized spacial score (nSPS) is 10.2. The maximum Gasteiger partial charge on any atom is 0.317 e. The summed E-state index contributed by atoms with van der Waals surface area (Å²) in [4.78, 5) is 13.9. The van der Waals surface area contributed by atoms with Crippen molar-refractivity contribution in [3.8, 4) is 11.5 Å². The van der Waals surface area contributed by atoms with Crippen LogP contribution in [-0.2, 0) is 13.0 Å². The Morgan fingerprint density at radius 3 is 2.28 bits per heavy atom. The number of nitrogens with one attached hydrogen (secondary N) is 1. The Morgan fingerprint density at radius 1 is 1.00 bits per heavy atom. The van der Waals surface area contributed by atoms with Crippen molar-refractivity contribution in [2.45, 2.75) is 19.9 Å². The summed E-state index contributed by atoms with van der Waals surface area (Å²) >= 11 is 0. The minimum atomic E-state index is -0.0824. The Labute approximate surface area is 149 Å². The number of carbonyl (C=O) groups excluding carboxylic acids is 1. The van der Waals surface area contributed by atoms with Crippen molar-refractivity contribution in [1.82, 2.24) is 10.2 Å². The largest absolute Gasteiger partial charge is 0.493 e. The van der Waals surface area contributed by atoms with Gasteiger partial charge in [-0.3, -0.25) is 0 Å². The van der Waals surface area contributed by atoms with E-state index >= 15 is 0 Å². The lowest BCUT2D eigenvalue weighted by atomic mass is 10.1. The third-order valence-electron chi connectivity index (χ3n) is 4.02. The molecule has 2 aromatic rings. The van der Waals surface area contributed by atoms with E-state index in [0.29, 0.717) is 24.6 Å². The van der Waals surface area contributed by atoms with Crippen LogP contribution in [0.25, 0.3) is 0 Å². The van der Waals surface area contributed by atoms with Crippen LogP contribution in [0.3, 0.4) is 0 Å². The number of urea groups is 1. The second-order valence-electron chi connectivity index (χ2n) is 6.01. The molecular weight excluding hydrogens is 316 g/mol. The summed E-state index contributed by atoms with van der Waals surface area (Å²) in [5, 5.41) is 2.94. The number of rotatable bonds is 7. The van der Waals surface area contributed by atoms with Crippen molar-refractivity contribution < 1.29 is 14.3 Å². The molecule has 2 rings (SSSR count). The van der Waals surface area contributed by atoms with Gasteiger partial charge in [-0.15, -0.1) is 0 Å². The van der Waals surface area contributed by atoms with E-state index in [4.69, 9.17) is 9.47 Å². The van der Waals surface area contributed by atoms with Crippen molar-refractivity contribution in [2.75, 3.05) is 27.8 Å². The van der Waals surface area contributed by atoms with Crippen LogP contribution in [0.15, 0.2) is 42.5 Å². The standard InChI is InChI=1S/C20H26N2O3/c1-15-5-7-17(8-6-15)14-22(2)20(23)21-12-11-16-9-10-18(24-3)19(13-16)25-4/h5-10,13H,11-12,14H2,1-4H3,(H,21,23). The second-order valence-corrected chi connectivity index (χ2v) is 6.01. The quantitative estimate of drug-likeness (QED) is 0.839. The summed E-state index contributed by atoms with van der Waals surface area (Å²) in [6.07, 6.45) is 0.727. The van der Waals surface area contributed by atoms with Crippen molar-refractivity contribution in [3.05, 3.63) is 59.2 Å². The third-order valence-corrected chi connectivity index (χ3v) is 4.02. The summed E-state index contributed by atoms with van der Waals surface area (Å²) in [6.45, 7) is 3.20. The molecule has 0 spiro atoms. The van der Waals surface area contributed by atoms with E-state index in [2.05, 4.69) is 17.4 Å². The smallest absolute Gasteiger partial charge is 0.317 e. The maximum absolute atomic E-state index is 12.2. The highest BCUT2D eigenvalue weighted by Gasteiger charge is 2.09. The molecule has 0 atom stereocenters. The molecule has 25 heavy (non-hydrogen) atoms. The van der Waals surface area contributed by atoms with Crippen LogP contribution >= 0.6 is 0 Å². The van der Waals surface area contributed by atoms with Crippen molar-refractivity contribution in [1.29, 1.82) is 0 Å². The molecule has 0 aliphatic carbocycles. The average Bonchev–Trinajstić information content (AvgIpc) is 2.63. The highest BCUT2D eigenvalue weighted by molar-refractivity contribution is 5.73. The number of nitrogens with zero attached hydrogens (tertiary/aromatic N) is 1. The monoisotopic (exact) mass is 342 g/mol. The first-order valence-corrected chi connectivity index (χ1v) is 8.29. The maximum atomic E-state index is 12.2. The third kappa shape index (κ3) is 5.41. The van der Waals surface area contributed by atoms with Gasteiger partial charge < -0.3 is 19.7 Å². The van der Waals surface area contributed by atoms with E-state index in [-0.39, 0.29) is 6.03 Å². The molecular formula is C20H26N2O3. The number of aryl methyl sites for hydroxylation is 1. The number of hydrogen-bond donors (Lipinski definition) is 1. The Morgan fingerprint density at radius 2 is 1.64 bits per heavy atom. The topological polar surface area (TPSA) is 50.8 Å². The van der Waals surface area contributed by atoms with E-state index in [0.717, 1.165) is 17.5 Å². The van der Waals surface area contributed by atoms with E-state index in [1.54, 1.807) is 26.2 Å². The van der Waals surface area contributed by atoms with Crippen LogP contribution in [0.5, 0.6) is 11.5 Å². The van der Waals surface area contributed by atoms with E-state index in [9.17, 15) is 4.79 Å². The Balaban J connectivity index is 1.82. The van der Waals surface area contributed by atoms with E-state index in [1.807, 2.05) is 37.3 Å². The first-order chi connectivity index (χ1) is 12.0. The van der Waals surface area contributed by atoms with Crippen molar-refractivity contribution in [2.24, 2.45) is 0 Å². The van der Waals surface area contributed by atoms with Crippen LogP contribution in [-0.4, -0.2) is 38.7 Å². The zero-order chi connectivity index (χ0) is 18.2. The van der Waals surface area contributed by atoms with Gasteiger partial charge in [0.05, 0.1) is 14.2 Å². The zero-order valence-electron chi connectivity index (χ0n) is 15.3. The summed E-state index contributed by atoms with van der Waals surface area (Å²) in [7, 11) is 5.02. The number of amides is 2. The Kier molecular flexibility index (Phi) is 6.69. The highest BCUT2D eigenvalue weighted by Crippen LogP contribution is 2.27. The van der Waals surface area contributed by atoms with Gasteiger partial charge in [-0.1, -0.05) is 35.9 Å². The molecule has 0 saturated carbocycles. The summed E-state index contributed by atoms with van der Waals surface area (Å²) < 4.78 is 10.5. The number of hydrogen-bond acceptors (Lipinski definition) is 3. The van der Waals surface area contributed by atoms with Gasteiger partial charge in [-0.25, -0.2) is 4.79 Å². The number of methoxy groups -OCH3 is 2. The summed E-state index contributed by atoms with van der Waals surface area (Å²) in [5.41, 5.74) is 3.41. The van der Waals surface area contributed by atoms with Crippen LogP contribution in [0, 0.1) is 6.92 Å². The van der Waals surface area contributed by atoms with E-state index in [1.165, 1.54) is 5.56 Å². The summed E-state index contributed by atoms with van der Waals surface area (Å²) in [6, 6.07) is 13.9. The Hall–Kier alpha value is -2.69. The SMILES string of the molecule is COc1ccc(CCNC(=O)N(C)Cc2ccc(C)cc2)cc1OC. The molecule has 0 aliphatic heterocycles. The van der Waals surface area contributed by atoms with Crippen LogP contribution < -0.4 is 14.8 Å². The van der Waals surface area contributed by atoms with Crippen molar-refractivity contribution >= 4 is 6.03 Å². The molecule has 2 amide bonds. The van der Waals surface area contributed by atoms with Gasteiger partial charge in [0.25, 0.3) is 0 Å². The van der Waals surface area contributed by atoms with Crippen LogP contribution in [0.2, 0.25) is 0 Å². The molecule has 0 bridgehead atoms. The number of carbonyl (C=O) groups is 1. The van der Waals surface area contributed by atoms with Crippen molar-refractivity contribution in [3.63, 3.8) is 0 Å². The van der Waals surface area contributed by atoms with Gasteiger partial charge in [0.15, 0.2) is 11.5 Å². The lowest BCUT2D eigenvalue weighted by Gasteiger charge is -2.18. The fourth-order valence-electron chi connectivity index (χ4n) is 2.52. The molecule has 0 unspecified atom stereocenters. The summed E-state index contributed by atoms with van der Waals surface area (Å²) in [5.74, 6) is 1.40. The minimum absolute atomic E-state index is 0.0824. The molecule has 1 N–H and O–H groups in total. The van der Waals surface area contributed by atoms with Gasteiger partial charge >= 0.3 is 6.03 Å². The minimum Gasteiger partial charge on any atom is -0.493 e. The van der Waals surface area contributed by atoms with Gasteiger partial charge in [0.2, 0.25) is 0 Å². The van der Waals surface area contributed by atoms with Gasteiger partial charge in [0, 0.05) is 20.1 Å². The molecule has 5 nitrogen and oxygen atoms in total. The predicted molar refractivity (Wildman–Crippen MR) is 99.3 cm³/mol.